The zero-order valence-corrected chi connectivity index (χ0v) is 9.52. The predicted octanol–water partition coefficient (Wildman–Crippen LogP) is 2.30. The van der Waals surface area contributed by atoms with Crippen LogP contribution in [0.5, 0.6) is 0 Å². The molecule has 0 radical (unpaired) electrons. The Hall–Kier alpha value is -1.26. The average Bonchev–Trinajstić information content (AvgIpc) is 2.79. The van der Waals surface area contributed by atoms with Crippen LogP contribution in [0.15, 0.2) is 30.5 Å². The molecule has 0 bridgehead atoms. The number of hydrogen-bond acceptors (Lipinski definition) is 4. The summed E-state index contributed by atoms with van der Waals surface area (Å²) in [7, 11) is 0. The van der Waals surface area contributed by atoms with Crippen molar-refractivity contribution in [3.05, 3.63) is 47.3 Å². The number of fused-ring (bicyclic) bond motifs is 1. The van der Waals surface area contributed by atoms with Crippen LogP contribution < -0.4 is 0 Å². The number of aliphatic hydroxyl groups excluding tert-OH is 1. The highest BCUT2D eigenvalue weighted by Crippen LogP contribution is 2.40. The van der Waals surface area contributed by atoms with Crippen molar-refractivity contribution in [2.24, 2.45) is 0 Å². The molecule has 2 atom stereocenters. The standard InChI is InChI=1S/C12H12N2OS/c15-12(11-7-13-16-14-11)6-9-5-8-3-1-2-4-10(8)9/h1-4,7,9,12,15H,5-6H2. The highest BCUT2D eigenvalue weighted by molar-refractivity contribution is 6.99. The van der Waals surface area contributed by atoms with E-state index in [2.05, 4.69) is 33.0 Å². The highest BCUT2D eigenvalue weighted by Gasteiger charge is 2.28. The first kappa shape index (κ1) is 9.93. The van der Waals surface area contributed by atoms with Gasteiger partial charge < -0.3 is 5.11 Å². The first-order valence-electron chi connectivity index (χ1n) is 5.38. The van der Waals surface area contributed by atoms with Crippen molar-refractivity contribution in [2.75, 3.05) is 0 Å². The summed E-state index contributed by atoms with van der Waals surface area (Å²) in [6.45, 7) is 0. The van der Waals surface area contributed by atoms with E-state index in [0.717, 1.165) is 24.6 Å². The van der Waals surface area contributed by atoms with E-state index in [1.807, 2.05) is 0 Å². The maximum absolute atomic E-state index is 9.97. The monoisotopic (exact) mass is 232 g/mol. The molecule has 0 saturated carbocycles. The van der Waals surface area contributed by atoms with Gasteiger partial charge in [0, 0.05) is 0 Å². The fourth-order valence-electron chi connectivity index (χ4n) is 2.28. The topological polar surface area (TPSA) is 46.0 Å². The Labute approximate surface area is 98.1 Å². The number of aliphatic hydroxyl groups is 1. The van der Waals surface area contributed by atoms with Crippen LogP contribution in [0.25, 0.3) is 0 Å². The van der Waals surface area contributed by atoms with Gasteiger partial charge in [0.15, 0.2) is 0 Å². The van der Waals surface area contributed by atoms with E-state index >= 15 is 0 Å². The molecule has 0 fully saturated rings. The minimum atomic E-state index is -0.475. The molecule has 2 unspecified atom stereocenters. The van der Waals surface area contributed by atoms with E-state index in [-0.39, 0.29) is 0 Å². The summed E-state index contributed by atoms with van der Waals surface area (Å²) in [4.78, 5) is 0. The van der Waals surface area contributed by atoms with Crippen LogP contribution in [0.4, 0.5) is 0 Å². The molecule has 4 heteroatoms. The zero-order chi connectivity index (χ0) is 11.0. The lowest BCUT2D eigenvalue weighted by atomic mass is 9.74. The molecule has 0 aliphatic heterocycles. The minimum Gasteiger partial charge on any atom is -0.387 e. The van der Waals surface area contributed by atoms with Gasteiger partial charge in [0.1, 0.15) is 5.69 Å². The third kappa shape index (κ3) is 1.64. The Morgan fingerprint density at radius 1 is 1.44 bits per heavy atom. The molecule has 0 saturated heterocycles. The van der Waals surface area contributed by atoms with Gasteiger partial charge in [0.05, 0.1) is 24.0 Å². The molecule has 0 spiro atoms. The van der Waals surface area contributed by atoms with Crippen LogP contribution in [0.1, 0.15) is 35.3 Å². The zero-order valence-electron chi connectivity index (χ0n) is 8.71. The average molecular weight is 232 g/mol. The van der Waals surface area contributed by atoms with Crippen LogP contribution in [0.2, 0.25) is 0 Å². The predicted molar refractivity (Wildman–Crippen MR) is 62.4 cm³/mol. The first-order valence-corrected chi connectivity index (χ1v) is 6.11. The third-order valence-electron chi connectivity index (χ3n) is 3.19. The molecule has 3 rings (SSSR count). The minimum absolute atomic E-state index is 0.475. The van der Waals surface area contributed by atoms with Crippen molar-refractivity contribution in [1.82, 2.24) is 8.75 Å². The second kappa shape index (κ2) is 3.96. The van der Waals surface area contributed by atoms with Gasteiger partial charge in [-0.1, -0.05) is 24.3 Å². The second-order valence-corrected chi connectivity index (χ2v) is 4.74. The van der Waals surface area contributed by atoms with E-state index in [1.165, 1.54) is 11.1 Å². The fourth-order valence-corrected chi connectivity index (χ4v) is 2.75. The molecule has 3 nitrogen and oxygen atoms in total. The van der Waals surface area contributed by atoms with Crippen molar-refractivity contribution < 1.29 is 5.11 Å². The van der Waals surface area contributed by atoms with Crippen molar-refractivity contribution in [3.63, 3.8) is 0 Å². The lowest BCUT2D eigenvalue weighted by Gasteiger charge is -2.31. The van der Waals surface area contributed by atoms with Gasteiger partial charge in [-0.15, -0.1) is 0 Å². The van der Waals surface area contributed by atoms with Crippen molar-refractivity contribution in [1.29, 1.82) is 0 Å². The summed E-state index contributed by atoms with van der Waals surface area (Å²) in [5.74, 6) is 0.480. The molecule has 82 valence electrons. The Kier molecular flexibility index (Phi) is 2.46. The van der Waals surface area contributed by atoms with Gasteiger partial charge in [0.2, 0.25) is 0 Å². The first-order chi connectivity index (χ1) is 7.84. The molecule has 1 N–H and O–H groups in total. The van der Waals surface area contributed by atoms with Gasteiger partial charge in [-0.05, 0) is 29.9 Å². The maximum Gasteiger partial charge on any atom is 0.103 e. The van der Waals surface area contributed by atoms with Crippen LogP contribution in [-0.4, -0.2) is 13.9 Å². The largest absolute Gasteiger partial charge is 0.387 e. The van der Waals surface area contributed by atoms with Crippen molar-refractivity contribution in [2.45, 2.75) is 24.9 Å². The van der Waals surface area contributed by atoms with Gasteiger partial charge in [-0.25, -0.2) is 0 Å². The van der Waals surface area contributed by atoms with E-state index in [4.69, 9.17) is 0 Å². The van der Waals surface area contributed by atoms with Gasteiger partial charge >= 0.3 is 0 Å². The Balaban J connectivity index is 1.70. The Morgan fingerprint density at radius 2 is 2.31 bits per heavy atom. The van der Waals surface area contributed by atoms with Crippen LogP contribution in [0, 0.1) is 0 Å². The quantitative estimate of drug-likeness (QED) is 0.883. The van der Waals surface area contributed by atoms with Crippen LogP contribution in [-0.2, 0) is 6.42 Å². The second-order valence-electron chi connectivity index (χ2n) is 4.18. The number of aromatic nitrogens is 2. The molecule has 1 heterocycles. The van der Waals surface area contributed by atoms with Crippen LogP contribution >= 0.6 is 11.7 Å². The summed E-state index contributed by atoms with van der Waals surface area (Å²) < 4.78 is 7.97. The normalized spacial score (nSPS) is 19.9. The third-order valence-corrected chi connectivity index (χ3v) is 3.68. The van der Waals surface area contributed by atoms with Gasteiger partial charge in [0.25, 0.3) is 0 Å². The number of nitrogens with zero attached hydrogens (tertiary/aromatic N) is 2. The van der Waals surface area contributed by atoms with E-state index in [9.17, 15) is 5.11 Å². The summed E-state index contributed by atoms with van der Waals surface area (Å²) in [5.41, 5.74) is 3.50. The molecular weight excluding hydrogens is 220 g/mol. The molecule has 0 amide bonds. The molecule has 16 heavy (non-hydrogen) atoms. The van der Waals surface area contributed by atoms with E-state index < -0.39 is 6.10 Å². The van der Waals surface area contributed by atoms with Gasteiger partial charge in [-0.3, -0.25) is 0 Å². The highest BCUT2D eigenvalue weighted by atomic mass is 32.1. The summed E-state index contributed by atoms with van der Waals surface area (Å²) in [5, 5.41) is 9.97. The SMILES string of the molecule is OC(CC1Cc2ccccc21)c1cnsn1. The Morgan fingerprint density at radius 3 is 3.06 bits per heavy atom. The van der Waals surface area contributed by atoms with Gasteiger partial charge in [-0.2, -0.15) is 8.75 Å². The number of hydrogen-bond donors (Lipinski definition) is 1. The molecule has 1 aromatic heterocycles. The Bertz CT molecular complexity index is 484. The molecular formula is C12H12N2OS. The lowest BCUT2D eigenvalue weighted by molar-refractivity contribution is 0.150. The van der Waals surface area contributed by atoms with E-state index in [1.54, 1.807) is 6.20 Å². The van der Waals surface area contributed by atoms with Crippen molar-refractivity contribution in [3.8, 4) is 0 Å². The lowest BCUT2D eigenvalue weighted by Crippen LogP contribution is -2.19. The summed E-state index contributed by atoms with van der Waals surface area (Å²) in [6, 6.07) is 8.43. The summed E-state index contributed by atoms with van der Waals surface area (Å²) in [6.07, 6.45) is 3.00. The van der Waals surface area contributed by atoms with Crippen molar-refractivity contribution >= 4 is 11.7 Å². The molecule has 1 aliphatic carbocycles. The maximum atomic E-state index is 9.97. The molecule has 2 aromatic rings. The molecule has 1 aliphatic rings. The van der Waals surface area contributed by atoms with E-state index in [0.29, 0.717) is 11.6 Å². The molecule has 1 aromatic carbocycles. The smallest absolute Gasteiger partial charge is 0.103 e. The number of benzene rings is 1. The van der Waals surface area contributed by atoms with Crippen LogP contribution in [0.3, 0.4) is 0 Å². The summed E-state index contributed by atoms with van der Waals surface area (Å²) >= 11 is 1.15. The fraction of sp³-hybridized carbons (Fsp3) is 0.333. The number of rotatable bonds is 3.